The van der Waals surface area contributed by atoms with E-state index in [-0.39, 0.29) is 21.1 Å². The van der Waals surface area contributed by atoms with Crippen LogP contribution in [0.5, 0.6) is 0 Å². The van der Waals surface area contributed by atoms with Crippen LogP contribution in [-0.4, -0.2) is 20.5 Å². The van der Waals surface area contributed by atoms with Crippen molar-refractivity contribution in [3.8, 4) is 0 Å². The quantitative estimate of drug-likeness (QED) is 0.496. The summed E-state index contributed by atoms with van der Waals surface area (Å²) in [6.07, 6.45) is 0. The van der Waals surface area contributed by atoms with Gasteiger partial charge in [-0.25, -0.2) is 0 Å². The number of para-hydroxylation sites is 1. The molecule has 0 N–H and O–H groups in total. The largest absolute Gasteiger partial charge is 0.303 e. The molecule has 3 heterocycles. The number of anilines is 1. The van der Waals surface area contributed by atoms with E-state index in [1.807, 2.05) is 55.5 Å². The van der Waals surface area contributed by atoms with Gasteiger partial charge in [-0.05, 0) is 25.5 Å². The summed E-state index contributed by atoms with van der Waals surface area (Å²) in [6.45, 7) is 3.91. The number of hydrogen-bond donors (Lipinski definition) is 0. The molecule has 0 bridgehead atoms. The van der Waals surface area contributed by atoms with E-state index < -0.39 is 11.1 Å². The number of amides is 1. The van der Waals surface area contributed by atoms with Gasteiger partial charge >= 0.3 is 0 Å². The summed E-state index contributed by atoms with van der Waals surface area (Å²) in [5, 5.41) is 4.04. The van der Waals surface area contributed by atoms with Gasteiger partial charge in [0.2, 0.25) is 4.96 Å². The molecule has 0 unspecified atom stereocenters. The number of benzene rings is 2. The summed E-state index contributed by atoms with van der Waals surface area (Å²) >= 11 is 1.01. The Kier molecular flexibility index (Phi) is 4.11. The first-order valence-corrected chi connectivity index (χ1v) is 10.2. The minimum Gasteiger partial charge on any atom is -0.303 e. The standard InChI is InChI=1S/C22H16N4O3S/c1-12-7-9-14(10-8-12)11-25-16-6-4-3-5-15(16)17(20(25)28)18-21(29)26-22(30-18)23-19(27)13(2)24-26/h3-10H,11H2,1-2H3/b18-17+. The first-order chi connectivity index (χ1) is 14.4. The topological polar surface area (TPSA) is 84.6 Å². The molecule has 1 aliphatic heterocycles. The SMILES string of the molecule is Cc1ccc(CN2C(=O)/C(=c3/sc4nc(=O)c(C)nn4c3=O)c3ccccc32)cc1. The van der Waals surface area contributed by atoms with Gasteiger partial charge in [-0.15, -0.1) is 0 Å². The molecule has 0 saturated carbocycles. The first kappa shape index (κ1) is 18.4. The van der Waals surface area contributed by atoms with Crippen molar-refractivity contribution in [1.29, 1.82) is 0 Å². The lowest BCUT2D eigenvalue weighted by atomic mass is 10.1. The molecule has 7 nitrogen and oxygen atoms in total. The second-order valence-electron chi connectivity index (χ2n) is 7.20. The summed E-state index contributed by atoms with van der Waals surface area (Å²) < 4.78 is 1.34. The predicted molar refractivity (Wildman–Crippen MR) is 115 cm³/mol. The monoisotopic (exact) mass is 416 g/mol. The Balaban J connectivity index is 1.74. The van der Waals surface area contributed by atoms with Gasteiger partial charge in [0.1, 0.15) is 10.2 Å². The third-order valence-electron chi connectivity index (χ3n) is 5.13. The minimum atomic E-state index is -0.480. The van der Waals surface area contributed by atoms with Crippen molar-refractivity contribution in [2.45, 2.75) is 20.4 Å². The molecule has 0 saturated heterocycles. The molecule has 1 amide bonds. The average molecular weight is 416 g/mol. The highest BCUT2D eigenvalue weighted by atomic mass is 32.1. The highest BCUT2D eigenvalue weighted by Gasteiger charge is 2.34. The van der Waals surface area contributed by atoms with Crippen molar-refractivity contribution in [3.63, 3.8) is 0 Å². The molecule has 0 aliphatic carbocycles. The third-order valence-corrected chi connectivity index (χ3v) is 6.16. The number of rotatable bonds is 2. The van der Waals surface area contributed by atoms with Gasteiger partial charge in [0.05, 0.1) is 17.8 Å². The van der Waals surface area contributed by atoms with E-state index in [4.69, 9.17) is 0 Å². The number of aryl methyl sites for hydroxylation is 2. The number of nitrogens with zero attached hydrogens (tertiary/aromatic N) is 4. The van der Waals surface area contributed by atoms with E-state index in [1.165, 1.54) is 6.92 Å². The Morgan fingerprint density at radius 1 is 0.967 bits per heavy atom. The Bertz CT molecular complexity index is 1500. The fraction of sp³-hybridized carbons (Fsp3) is 0.136. The second-order valence-corrected chi connectivity index (χ2v) is 8.18. The fourth-order valence-corrected chi connectivity index (χ4v) is 4.56. The van der Waals surface area contributed by atoms with Crippen molar-refractivity contribution >= 4 is 33.5 Å². The van der Waals surface area contributed by atoms with E-state index in [0.29, 0.717) is 17.7 Å². The molecular weight excluding hydrogens is 400 g/mol. The smallest absolute Gasteiger partial charge is 0.295 e. The summed E-state index contributed by atoms with van der Waals surface area (Å²) in [5.41, 5.74) is 3.12. The van der Waals surface area contributed by atoms with Gasteiger partial charge in [0.25, 0.3) is 17.0 Å². The number of carbonyl (C=O) groups is 1. The molecule has 0 spiro atoms. The number of hydrogen-bond acceptors (Lipinski definition) is 6. The molecule has 1 aliphatic rings. The van der Waals surface area contributed by atoms with Gasteiger partial charge in [0.15, 0.2) is 0 Å². The van der Waals surface area contributed by atoms with Crippen LogP contribution < -0.4 is 20.6 Å². The van der Waals surface area contributed by atoms with Crippen molar-refractivity contribution < 1.29 is 4.79 Å². The zero-order valence-corrected chi connectivity index (χ0v) is 17.1. The van der Waals surface area contributed by atoms with Crippen LogP contribution in [0.15, 0.2) is 58.1 Å². The highest BCUT2D eigenvalue weighted by molar-refractivity contribution is 7.15. The molecule has 0 radical (unpaired) electrons. The Labute approximate surface area is 174 Å². The van der Waals surface area contributed by atoms with E-state index in [9.17, 15) is 14.4 Å². The van der Waals surface area contributed by atoms with Crippen molar-refractivity contribution in [2.75, 3.05) is 4.90 Å². The lowest BCUT2D eigenvalue weighted by molar-refractivity contribution is -0.113. The lowest BCUT2D eigenvalue weighted by Gasteiger charge is -2.17. The van der Waals surface area contributed by atoms with Gasteiger partial charge < -0.3 is 4.90 Å². The van der Waals surface area contributed by atoms with Crippen LogP contribution in [0.3, 0.4) is 0 Å². The number of thiazole rings is 1. The van der Waals surface area contributed by atoms with Crippen LogP contribution in [0.1, 0.15) is 22.4 Å². The molecule has 148 valence electrons. The second kappa shape index (κ2) is 6.70. The maximum atomic E-state index is 13.4. The molecule has 0 atom stereocenters. The van der Waals surface area contributed by atoms with Crippen molar-refractivity contribution in [3.05, 3.63) is 96.2 Å². The van der Waals surface area contributed by atoms with E-state index in [2.05, 4.69) is 10.1 Å². The molecular formula is C22H16N4O3S. The van der Waals surface area contributed by atoms with Gasteiger partial charge in [0, 0.05) is 5.56 Å². The van der Waals surface area contributed by atoms with Crippen LogP contribution >= 0.6 is 11.3 Å². The van der Waals surface area contributed by atoms with Crippen LogP contribution in [-0.2, 0) is 11.3 Å². The fourth-order valence-electron chi connectivity index (χ4n) is 3.57. The van der Waals surface area contributed by atoms with Crippen LogP contribution in [0.2, 0.25) is 0 Å². The molecule has 0 fully saturated rings. The predicted octanol–water partition coefficient (Wildman–Crippen LogP) is 1.59. The maximum Gasteiger partial charge on any atom is 0.295 e. The van der Waals surface area contributed by atoms with E-state index in [1.54, 1.807) is 4.90 Å². The van der Waals surface area contributed by atoms with Crippen LogP contribution in [0.4, 0.5) is 5.69 Å². The summed E-state index contributed by atoms with van der Waals surface area (Å²) in [4.78, 5) is 44.1. The Hall–Kier alpha value is -3.65. The van der Waals surface area contributed by atoms with Crippen molar-refractivity contribution in [2.24, 2.45) is 0 Å². The Morgan fingerprint density at radius 2 is 1.70 bits per heavy atom. The first-order valence-electron chi connectivity index (χ1n) is 9.35. The molecule has 4 aromatic rings. The zero-order valence-electron chi connectivity index (χ0n) is 16.2. The summed E-state index contributed by atoms with van der Waals surface area (Å²) in [6, 6.07) is 15.4. The van der Waals surface area contributed by atoms with Gasteiger partial charge in [-0.3, -0.25) is 14.4 Å². The molecule has 8 heteroatoms. The van der Waals surface area contributed by atoms with Gasteiger partial charge in [-0.1, -0.05) is 59.4 Å². The lowest BCUT2D eigenvalue weighted by Crippen LogP contribution is -2.33. The Morgan fingerprint density at radius 3 is 2.47 bits per heavy atom. The maximum absolute atomic E-state index is 13.4. The van der Waals surface area contributed by atoms with Crippen LogP contribution in [0.25, 0.3) is 10.5 Å². The molecule has 30 heavy (non-hydrogen) atoms. The third kappa shape index (κ3) is 2.76. The summed E-state index contributed by atoms with van der Waals surface area (Å²) in [5.74, 6) is -0.250. The van der Waals surface area contributed by atoms with E-state index in [0.717, 1.165) is 32.7 Å². The number of aromatic nitrogens is 3. The average Bonchev–Trinajstić information content (AvgIpc) is 3.18. The summed E-state index contributed by atoms with van der Waals surface area (Å²) in [7, 11) is 0. The van der Waals surface area contributed by atoms with Gasteiger partial charge in [-0.2, -0.15) is 14.6 Å². The van der Waals surface area contributed by atoms with Crippen LogP contribution in [0, 0.1) is 13.8 Å². The molecule has 2 aromatic heterocycles. The highest BCUT2D eigenvalue weighted by Crippen LogP contribution is 2.36. The van der Waals surface area contributed by atoms with Crippen molar-refractivity contribution in [1.82, 2.24) is 14.6 Å². The number of fused-ring (bicyclic) bond motifs is 2. The number of carbonyl (C=O) groups excluding carboxylic acids is 1. The zero-order chi connectivity index (χ0) is 21.0. The minimum absolute atomic E-state index is 0.137. The molecule has 5 rings (SSSR count). The molecule has 2 aromatic carbocycles. The van der Waals surface area contributed by atoms with E-state index >= 15 is 0 Å². The normalized spacial score (nSPS) is 15.1.